The minimum atomic E-state index is -0.0312. The van der Waals surface area contributed by atoms with Crippen LogP contribution in [-0.2, 0) is 5.41 Å². The van der Waals surface area contributed by atoms with Crippen LogP contribution in [0.5, 0.6) is 5.75 Å². The van der Waals surface area contributed by atoms with E-state index < -0.39 is 0 Å². The Balaban J connectivity index is 2.36. The van der Waals surface area contributed by atoms with Crippen LogP contribution in [0, 0.1) is 0 Å². The lowest BCUT2D eigenvalue weighted by molar-refractivity contribution is -0.268. The molecule has 0 aliphatic carbocycles. The maximum absolute atomic E-state index is 11.9. The highest BCUT2D eigenvalue weighted by molar-refractivity contribution is 5.86. The number of para-hydroxylation sites is 2. The number of nitrogen functional groups attached to an aromatic ring is 1. The van der Waals surface area contributed by atoms with Gasteiger partial charge in [-0.15, -0.1) is 5.75 Å². The van der Waals surface area contributed by atoms with E-state index in [9.17, 15) is 5.11 Å². The molecule has 2 rings (SSSR count). The number of rotatable bonds is 2. The van der Waals surface area contributed by atoms with Crippen molar-refractivity contribution in [3.8, 4) is 5.75 Å². The molecule has 0 heterocycles. The van der Waals surface area contributed by atoms with E-state index in [1.54, 1.807) is 18.3 Å². The molecule has 0 spiro atoms. The normalized spacial score (nSPS) is 11.9. The van der Waals surface area contributed by atoms with Crippen LogP contribution in [0.4, 0.5) is 11.4 Å². The second kappa shape index (κ2) is 5.37. The van der Waals surface area contributed by atoms with Gasteiger partial charge in [-0.25, -0.2) is 0 Å². The van der Waals surface area contributed by atoms with E-state index in [4.69, 9.17) is 5.73 Å². The topological polar surface area (TPSA) is 61.4 Å². The van der Waals surface area contributed by atoms with Gasteiger partial charge in [-0.2, -0.15) is 0 Å². The summed E-state index contributed by atoms with van der Waals surface area (Å²) in [5.41, 5.74) is 8.80. The largest absolute Gasteiger partial charge is 0.872 e. The molecule has 0 atom stereocenters. The molecule has 20 heavy (non-hydrogen) atoms. The van der Waals surface area contributed by atoms with Crippen molar-refractivity contribution in [2.75, 3.05) is 5.73 Å². The van der Waals surface area contributed by atoms with Gasteiger partial charge in [0.15, 0.2) is 0 Å². The quantitative estimate of drug-likeness (QED) is 0.669. The maximum atomic E-state index is 11.9. The standard InChI is InChI=1S/C17H20N2O/c1-17(2,3)13-8-9-16(20)12(10-13)11-19-15-7-5-4-6-14(15)18/h4-11,20H,18H2,1-3H3/p-1. The summed E-state index contributed by atoms with van der Waals surface area (Å²) in [6, 6.07) is 12.7. The molecule has 0 radical (unpaired) electrons. The molecule has 0 bridgehead atoms. The molecule has 0 aromatic heterocycles. The first-order valence-corrected chi connectivity index (χ1v) is 6.58. The van der Waals surface area contributed by atoms with E-state index in [1.807, 2.05) is 30.3 Å². The van der Waals surface area contributed by atoms with Crippen LogP contribution >= 0.6 is 0 Å². The van der Waals surface area contributed by atoms with Crippen molar-refractivity contribution in [1.29, 1.82) is 0 Å². The molecule has 104 valence electrons. The number of nitrogens with two attached hydrogens (primary N) is 1. The van der Waals surface area contributed by atoms with Crippen LogP contribution < -0.4 is 10.8 Å². The Kier molecular flexibility index (Phi) is 3.79. The first-order valence-electron chi connectivity index (χ1n) is 6.58. The minimum absolute atomic E-state index is 0.00205. The summed E-state index contributed by atoms with van der Waals surface area (Å²) in [4.78, 5) is 4.31. The van der Waals surface area contributed by atoms with Crippen molar-refractivity contribution in [1.82, 2.24) is 0 Å². The van der Waals surface area contributed by atoms with E-state index >= 15 is 0 Å². The van der Waals surface area contributed by atoms with E-state index in [-0.39, 0.29) is 11.2 Å². The Hall–Kier alpha value is -2.29. The Labute approximate surface area is 119 Å². The summed E-state index contributed by atoms with van der Waals surface area (Å²) in [5.74, 6) is -0.0312. The van der Waals surface area contributed by atoms with Crippen molar-refractivity contribution >= 4 is 17.6 Å². The highest BCUT2D eigenvalue weighted by Crippen LogP contribution is 2.26. The first-order chi connectivity index (χ1) is 9.38. The van der Waals surface area contributed by atoms with E-state index in [1.165, 1.54) is 0 Å². The Morgan fingerprint density at radius 3 is 2.45 bits per heavy atom. The van der Waals surface area contributed by atoms with Crippen molar-refractivity contribution in [2.45, 2.75) is 26.2 Å². The summed E-state index contributed by atoms with van der Waals surface area (Å²) in [6.07, 6.45) is 1.59. The van der Waals surface area contributed by atoms with Gasteiger partial charge in [0.1, 0.15) is 0 Å². The fourth-order valence-electron chi connectivity index (χ4n) is 1.86. The van der Waals surface area contributed by atoms with E-state index in [0.717, 1.165) is 5.56 Å². The zero-order valence-electron chi connectivity index (χ0n) is 12.1. The summed E-state index contributed by atoms with van der Waals surface area (Å²) >= 11 is 0. The number of hydrogen-bond acceptors (Lipinski definition) is 3. The molecule has 2 N–H and O–H groups in total. The maximum Gasteiger partial charge on any atom is 0.0859 e. The van der Waals surface area contributed by atoms with Gasteiger partial charge in [-0.1, -0.05) is 51.1 Å². The molecule has 2 aromatic carbocycles. The van der Waals surface area contributed by atoms with Gasteiger partial charge in [-0.3, -0.25) is 4.99 Å². The lowest BCUT2D eigenvalue weighted by Gasteiger charge is -2.21. The average molecular weight is 267 g/mol. The zero-order valence-corrected chi connectivity index (χ0v) is 12.1. The second-order valence-electron chi connectivity index (χ2n) is 5.82. The third-order valence-corrected chi connectivity index (χ3v) is 3.16. The van der Waals surface area contributed by atoms with Crippen molar-refractivity contribution in [3.05, 3.63) is 53.6 Å². The van der Waals surface area contributed by atoms with E-state index in [2.05, 4.69) is 25.8 Å². The fourth-order valence-corrected chi connectivity index (χ4v) is 1.86. The molecule has 0 saturated heterocycles. The molecule has 0 fully saturated rings. The predicted octanol–water partition coefficient (Wildman–Crippen LogP) is 3.39. The number of hydrogen-bond donors (Lipinski definition) is 1. The Morgan fingerprint density at radius 2 is 1.80 bits per heavy atom. The molecule has 3 nitrogen and oxygen atoms in total. The predicted molar refractivity (Wildman–Crippen MR) is 82.7 cm³/mol. The molecule has 0 amide bonds. The third-order valence-electron chi connectivity index (χ3n) is 3.16. The Morgan fingerprint density at radius 1 is 1.10 bits per heavy atom. The Bertz CT molecular complexity index is 640. The van der Waals surface area contributed by atoms with Crippen LogP contribution in [0.2, 0.25) is 0 Å². The second-order valence-corrected chi connectivity index (χ2v) is 5.82. The fraction of sp³-hybridized carbons (Fsp3) is 0.235. The minimum Gasteiger partial charge on any atom is -0.872 e. The van der Waals surface area contributed by atoms with Gasteiger partial charge in [0.25, 0.3) is 0 Å². The highest BCUT2D eigenvalue weighted by atomic mass is 16.3. The SMILES string of the molecule is CC(C)(C)c1ccc([O-])c(C=Nc2ccccc2N)c1. The van der Waals surface area contributed by atoms with Gasteiger partial charge in [0, 0.05) is 6.21 Å². The monoisotopic (exact) mass is 267 g/mol. The van der Waals surface area contributed by atoms with Crippen LogP contribution in [-0.4, -0.2) is 6.21 Å². The van der Waals surface area contributed by atoms with Gasteiger partial charge < -0.3 is 10.8 Å². The van der Waals surface area contributed by atoms with Gasteiger partial charge in [-0.05, 0) is 28.7 Å². The number of benzene rings is 2. The van der Waals surface area contributed by atoms with Crippen LogP contribution in [0.3, 0.4) is 0 Å². The number of aliphatic imine (C=N–C) groups is 1. The average Bonchev–Trinajstić information content (AvgIpc) is 2.38. The summed E-state index contributed by atoms with van der Waals surface area (Å²) in [7, 11) is 0. The first kappa shape index (κ1) is 14.1. The number of nitrogens with zero attached hydrogens (tertiary/aromatic N) is 1. The summed E-state index contributed by atoms with van der Waals surface area (Å²) in [5, 5.41) is 11.9. The molecular formula is C17H19N2O-. The molecule has 3 heteroatoms. The van der Waals surface area contributed by atoms with E-state index in [0.29, 0.717) is 16.9 Å². The molecule has 0 unspecified atom stereocenters. The van der Waals surface area contributed by atoms with Crippen molar-refractivity contribution in [3.63, 3.8) is 0 Å². The van der Waals surface area contributed by atoms with Crippen molar-refractivity contribution < 1.29 is 5.11 Å². The van der Waals surface area contributed by atoms with Gasteiger partial charge in [0.05, 0.1) is 11.4 Å². The molecule has 2 aromatic rings. The zero-order chi connectivity index (χ0) is 14.8. The van der Waals surface area contributed by atoms with Crippen LogP contribution in [0.25, 0.3) is 0 Å². The molecule has 0 aliphatic rings. The molecule has 0 aliphatic heterocycles. The van der Waals surface area contributed by atoms with Crippen LogP contribution in [0.15, 0.2) is 47.5 Å². The lowest BCUT2D eigenvalue weighted by atomic mass is 9.86. The van der Waals surface area contributed by atoms with Gasteiger partial charge in [0.2, 0.25) is 0 Å². The smallest absolute Gasteiger partial charge is 0.0859 e. The molecular weight excluding hydrogens is 248 g/mol. The number of anilines is 1. The summed E-state index contributed by atoms with van der Waals surface area (Å²) < 4.78 is 0. The lowest BCUT2D eigenvalue weighted by Crippen LogP contribution is -2.12. The third kappa shape index (κ3) is 3.18. The molecule has 0 saturated carbocycles. The van der Waals surface area contributed by atoms with Crippen LogP contribution in [0.1, 0.15) is 31.9 Å². The summed E-state index contributed by atoms with van der Waals surface area (Å²) in [6.45, 7) is 6.34. The van der Waals surface area contributed by atoms with Crippen molar-refractivity contribution in [2.24, 2.45) is 4.99 Å². The highest BCUT2D eigenvalue weighted by Gasteiger charge is 2.13. The van der Waals surface area contributed by atoms with Gasteiger partial charge >= 0.3 is 0 Å².